The number of thiophene rings is 1. The molecule has 0 unspecified atom stereocenters. The van der Waals surface area contributed by atoms with Gasteiger partial charge in [-0.3, -0.25) is 0 Å². The Morgan fingerprint density at radius 1 is 1.41 bits per heavy atom. The molecule has 17 heavy (non-hydrogen) atoms. The number of nitrogens with one attached hydrogen (secondary N) is 1. The fourth-order valence-corrected chi connectivity index (χ4v) is 2.61. The first-order valence-electron chi connectivity index (χ1n) is 5.69. The van der Waals surface area contributed by atoms with E-state index in [2.05, 4.69) is 40.6 Å². The largest absolute Gasteiger partial charge is 0.370 e. The molecule has 0 fully saturated rings. The highest BCUT2D eigenvalue weighted by Crippen LogP contribution is 2.25. The Balaban J connectivity index is 2.08. The molecule has 0 spiro atoms. The molecule has 2 rings (SSSR count). The van der Waals surface area contributed by atoms with E-state index in [4.69, 9.17) is 5.73 Å². The zero-order valence-electron chi connectivity index (χ0n) is 10.1. The van der Waals surface area contributed by atoms with Crippen molar-refractivity contribution in [2.45, 2.75) is 26.4 Å². The van der Waals surface area contributed by atoms with Crippen molar-refractivity contribution in [1.29, 1.82) is 0 Å². The van der Waals surface area contributed by atoms with E-state index in [0.717, 1.165) is 0 Å². The summed E-state index contributed by atoms with van der Waals surface area (Å²) in [4.78, 5) is 5.56. The Kier molecular flexibility index (Phi) is 3.64. The molecule has 0 bridgehead atoms. The minimum absolute atomic E-state index is 0.321. The SMILES string of the molecule is CC(C)NC(N)=NCc1cc2ccccc2s1. The molecular formula is C13H17N3S. The fraction of sp³-hybridized carbons (Fsp3) is 0.308. The molecule has 3 N–H and O–H groups in total. The summed E-state index contributed by atoms with van der Waals surface area (Å²) in [5, 5.41) is 4.36. The maximum atomic E-state index is 5.76. The zero-order chi connectivity index (χ0) is 12.3. The number of nitrogens with two attached hydrogens (primary N) is 1. The van der Waals surface area contributed by atoms with Gasteiger partial charge < -0.3 is 11.1 Å². The molecule has 0 atom stereocenters. The van der Waals surface area contributed by atoms with Crippen molar-refractivity contribution < 1.29 is 0 Å². The summed E-state index contributed by atoms with van der Waals surface area (Å²) in [5.74, 6) is 0.512. The third kappa shape index (κ3) is 3.20. The minimum atomic E-state index is 0.321. The first-order chi connectivity index (χ1) is 8.15. The second-order valence-electron chi connectivity index (χ2n) is 4.25. The molecule has 0 amide bonds. The van der Waals surface area contributed by atoms with Crippen LogP contribution >= 0.6 is 11.3 Å². The summed E-state index contributed by atoms with van der Waals surface area (Å²) in [6, 6.07) is 10.8. The van der Waals surface area contributed by atoms with E-state index in [1.165, 1.54) is 15.0 Å². The van der Waals surface area contributed by atoms with Gasteiger partial charge in [-0.15, -0.1) is 11.3 Å². The van der Waals surface area contributed by atoms with Crippen LogP contribution in [0.1, 0.15) is 18.7 Å². The van der Waals surface area contributed by atoms with Gasteiger partial charge in [0, 0.05) is 15.6 Å². The molecular weight excluding hydrogens is 230 g/mol. The zero-order valence-corrected chi connectivity index (χ0v) is 10.9. The molecule has 1 aromatic carbocycles. The average molecular weight is 247 g/mol. The predicted octanol–water partition coefficient (Wildman–Crippen LogP) is 2.71. The average Bonchev–Trinajstić information content (AvgIpc) is 2.68. The molecule has 0 aliphatic carbocycles. The molecule has 1 heterocycles. The van der Waals surface area contributed by atoms with E-state index in [1.807, 2.05) is 13.8 Å². The van der Waals surface area contributed by atoms with E-state index in [1.54, 1.807) is 11.3 Å². The molecule has 0 aliphatic rings. The van der Waals surface area contributed by atoms with Crippen molar-refractivity contribution in [2.75, 3.05) is 0 Å². The van der Waals surface area contributed by atoms with Crippen molar-refractivity contribution in [3.63, 3.8) is 0 Å². The van der Waals surface area contributed by atoms with Gasteiger partial charge in [-0.05, 0) is 31.4 Å². The van der Waals surface area contributed by atoms with Crippen LogP contribution in [-0.4, -0.2) is 12.0 Å². The first kappa shape index (κ1) is 11.9. The fourth-order valence-electron chi connectivity index (χ4n) is 1.62. The monoisotopic (exact) mass is 247 g/mol. The van der Waals surface area contributed by atoms with E-state index in [9.17, 15) is 0 Å². The Morgan fingerprint density at radius 2 is 2.18 bits per heavy atom. The summed E-state index contributed by atoms with van der Waals surface area (Å²) in [6.07, 6.45) is 0. The summed E-state index contributed by atoms with van der Waals surface area (Å²) in [7, 11) is 0. The van der Waals surface area contributed by atoms with Crippen LogP contribution in [-0.2, 0) is 6.54 Å². The lowest BCUT2D eigenvalue weighted by atomic mass is 10.2. The molecule has 0 saturated carbocycles. The molecule has 0 radical (unpaired) electrons. The lowest BCUT2D eigenvalue weighted by Crippen LogP contribution is -2.36. The Hall–Kier alpha value is -1.55. The summed E-state index contributed by atoms with van der Waals surface area (Å²) in [5.41, 5.74) is 5.76. The van der Waals surface area contributed by atoms with Gasteiger partial charge in [-0.2, -0.15) is 0 Å². The van der Waals surface area contributed by atoms with E-state index in [-0.39, 0.29) is 0 Å². The van der Waals surface area contributed by atoms with E-state index >= 15 is 0 Å². The summed E-state index contributed by atoms with van der Waals surface area (Å²) < 4.78 is 1.30. The van der Waals surface area contributed by atoms with Crippen LogP contribution in [0, 0.1) is 0 Å². The standard InChI is InChI=1S/C13H17N3S/c1-9(2)16-13(14)15-8-11-7-10-5-3-4-6-12(10)17-11/h3-7,9H,8H2,1-2H3,(H3,14,15,16). The highest BCUT2D eigenvalue weighted by molar-refractivity contribution is 7.19. The van der Waals surface area contributed by atoms with E-state index < -0.39 is 0 Å². The second kappa shape index (κ2) is 5.19. The molecule has 1 aromatic heterocycles. The summed E-state index contributed by atoms with van der Waals surface area (Å²) in [6.45, 7) is 4.73. The molecule has 3 nitrogen and oxygen atoms in total. The van der Waals surface area contributed by atoms with Gasteiger partial charge in [0.15, 0.2) is 5.96 Å². The predicted molar refractivity (Wildman–Crippen MR) is 75.4 cm³/mol. The Bertz CT molecular complexity index is 495. The first-order valence-corrected chi connectivity index (χ1v) is 6.50. The van der Waals surface area contributed by atoms with Gasteiger partial charge in [-0.25, -0.2) is 4.99 Å². The van der Waals surface area contributed by atoms with Crippen LogP contribution in [0.5, 0.6) is 0 Å². The summed E-state index contributed by atoms with van der Waals surface area (Å²) >= 11 is 1.77. The number of hydrogen-bond acceptors (Lipinski definition) is 2. The lowest BCUT2D eigenvalue weighted by molar-refractivity contribution is 0.724. The van der Waals surface area contributed by atoms with Crippen LogP contribution in [0.2, 0.25) is 0 Å². The lowest BCUT2D eigenvalue weighted by Gasteiger charge is -2.07. The van der Waals surface area contributed by atoms with Gasteiger partial charge in [0.25, 0.3) is 0 Å². The highest BCUT2D eigenvalue weighted by atomic mass is 32.1. The van der Waals surface area contributed by atoms with Gasteiger partial charge in [0.1, 0.15) is 0 Å². The van der Waals surface area contributed by atoms with Gasteiger partial charge in [0.2, 0.25) is 0 Å². The number of rotatable bonds is 3. The van der Waals surface area contributed by atoms with Crippen molar-refractivity contribution in [3.8, 4) is 0 Å². The molecule has 90 valence electrons. The Morgan fingerprint density at radius 3 is 2.88 bits per heavy atom. The van der Waals surface area contributed by atoms with Crippen LogP contribution in [0.15, 0.2) is 35.3 Å². The van der Waals surface area contributed by atoms with Crippen LogP contribution in [0.3, 0.4) is 0 Å². The van der Waals surface area contributed by atoms with E-state index in [0.29, 0.717) is 18.5 Å². The van der Waals surface area contributed by atoms with Crippen LogP contribution in [0.25, 0.3) is 10.1 Å². The molecule has 2 aromatic rings. The minimum Gasteiger partial charge on any atom is -0.370 e. The number of fused-ring (bicyclic) bond motifs is 1. The third-order valence-corrected chi connectivity index (χ3v) is 3.42. The smallest absolute Gasteiger partial charge is 0.189 e. The second-order valence-corrected chi connectivity index (χ2v) is 5.42. The van der Waals surface area contributed by atoms with Crippen LogP contribution < -0.4 is 11.1 Å². The Labute approximate surface area is 105 Å². The van der Waals surface area contributed by atoms with Crippen molar-refractivity contribution in [1.82, 2.24) is 5.32 Å². The van der Waals surface area contributed by atoms with Gasteiger partial charge >= 0.3 is 0 Å². The number of aliphatic imine (C=N–C) groups is 1. The maximum Gasteiger partial charge on any atom is 0.189 e. The van der Waals surface area contributed by atoms with Gasteiger partial charge in [0.05, 0.1) is 6.54 Å². The van der Waals surface area contributed by atoms with Crippen molar-refractivity contribution in [3.05, 3.63) is 35.2 Å². The highest BCUT2D eigenvalue weighted by Gasteiger charge is 2.01. The molecule has 4 heteroatoms. The molecule has 0 saturated heterocycles. The number of benzene rings is 1. The van der Waals surface area contributed by atoms with Crippen molar-refractivity contribution >= 4 is 27.4 Å². The van der Waals surface area contributed by atoms with Crippen LogP contribution in [0.4, 0.5) is 0 Å². The molecule has 0 aliphatic heterocycles. The third-order valence-electron chi connectivity index (χ3n) is 2.32. The quantitative estimate of drug-likeness (QED) is 0.647. The van der Waals surface area contributed by atoms with Crippen molar-refractivity contribution in [2.24, 2.45) is 10.7 Å². The number of guanidine groups is 1. The topological polar surface area (TPSA) is 50.4 Å². The number of nitrogens with zero attached hydrogens (tertiary/aromatic N) is 1. The normalized spacial score (nSPS) is 12.3. The van der Waals surface area contributed by atoms with Gasteiger partial charge in [-0.1, -0.05) is 18.2 Å². The maximum absolute atomic E-state index is 5.76. The number of hydrogen-bond donors (Lipinski definition) is 2.